The van der Waals surface area contributed by atoms with Gasteiger partial charge in [0, 0.05) is 23.9 Å². The minimum Gasteiger partial charge on any atom is -0.493 e. The van der Waals surface area contributed by atoms with Crippen LogP contribution in [0.15, 0.2) is 30.3 Å². The quantitative estimate of drug-likeness (QED) is 0.808. The third-order valence-electron chi connectivity index (χ3n) is 3.52. The van der Waals surface area contributed by atoms with Gasteiger partial charge in [-0.25, -0.2) is 0 Å². The van der Waals surface area contributed by atoms with Crippen molar-refractivity contribution >= 4 is 28.7 Å². The number of nitriles is 1. The number of hydrogen-bond acceptors (Lipinski definition) is 6. The fourth-order valence-corrected chi connectivity index (χ4v) is 2.56. The van der Waals surface area contributed by atoms with Crippen molar-refractivity contribution < 1.29 is 18.9 Å². The topological polar surface area (TPSA) is 84.8 Å². The van der Waals surface area contributed by atoms with Crippen LogP contribution in [0.1, 0.15) is 5.56 Å². The molecule has 0 fully saturated rings. The van der Waals surface area contributed by atoms with Gasteiger partial charge in [-0.1, -0.05) is 0 Å². The Morgan fingerprint density at radius 1 is 1.08 bits per heavy atom. The summed E-state index contributed by atoms with van der Waals surface area (Å²) in [6.07, 6.45) is 0. The highest BCUT2D eigenvalue weighted by molar-refractivity contribution is 7.80. The molecule has 2 N–H and O–H groups in total. The van der Waals surface area contributed by atoms with Gasteiger partial charge in [0.2, 0.25) is 6.79 Å². The highest BCUT2D eigenvalue weighted by Gasteiger charge is 2.15. The van der Waals surface area contributed by atoms with Crippen LogP contribution in [0.5, 0.6) is 23.0 Å². The molecule has 1 aliphatic heterocycles. The number of nitrogens with zero attached hydrogens (tertiary/aromatic N) is 1. The number of anilines is 2. The van der Waals surface area contributed by atoms with E-state index in [0.717, 1.165) is 5.69 Å². The van der Waals surface area contributed by atoms with Crippen molar-refractivity contribution in [2.75, 3.05) is 31.6 Å². The minimum absolute atomic E-state index is 0.207. The van der Waals surface area contributed by atoms with E-state index in [9.17, 15) is 5.26 Å². The van der Waals surface area contributed by atoms with E-state index >= 15 is 0 Å². The van der Waals surface area contributed by atoms with Crippen LogP contribution >= 0.6 is 12.2 Å². The second kappa shape index (κ2) is 7.15. The molecule has 0 spiro atoms. The Bertz CT molecular complexity index is 864. The van der Waals surface area contributed by atoms with Gasteiger partial charge in [0.05, 0.1) is 25.5 Å². The number of rotatable bonds is 4. The summed E-state index contributed by atoms with van der Waals surface area (Å²) in [5.74, 6) is 2.31. The molecule has 0 radical (unpaired) electrons. The number of hydrogen-bond donors (Lipinski definition) is 2. The van der Waals surface area contributed by atoms with Crippen molar-refractivity contribution in [2.45, 2.75) is 0 Å². The summed E-state index contributed by atoms with van der Waals surface area (Å²) in [5.41, 5.74) is 1.63. The molecule has 1 heterocycles. The Labute approximate surface area is 150 Å². The van der Waals surface area contributed by atoms with Gasteiger partial charge in [-0.3, -0.25) is 0 Å². The van der Waals surface area contributed by atoms with Crippen LogP contribution in [0, 0.1) is 11.3 Å². The number of thiocarbonyl (C=S) groups is 1. The third-order valence-corrected chi connectivity index (χ3v) is 3.73. The Morgan fingerprint density at radius 3 is 2.52 bits per heavy atom. The van der Waals surface area contributed by atoms with Gasteiger partial charge < -0.3 is 29.6 Å². The van der Waals surface area contributed by atoms with Gasteiger partial charge in [-0.05, 0) is 24.4 Å². The SMILES string of the molecule is COc1cc(C#N)c(NC(=S)Nc2ccc3c(c2)OCO3)cc1OC. The molecular formula is C17H15N3O4S. The summed E-state index contributed by atoms with van der Waals surface area (Å²) in [5, 5.41) is 15.7. The first-order valence-electron chi connectivity index (χ1n) is 7.28. The van der Waals surface area contributed by atoms with Crippen molar-refractivity contribution in [3.05, 3.63) is 35.9 Å². The molecule has 2 aromatic rings. The molecule has 7 nitrogen and oxygen atoms in total. The average molecular weight is 357 g/mol. The highest BCUT2D eigenvalue weighted by atomic mass is 32.1. The van der Waals surface area contributed by atoms with Gasteiger partial charge in [-0.15, -0.1) is 0 Å². The normalized spacial score (nSPS) is 11.4. The summed E-state index contributed by atoms with van der Waals surface area (Å²) in [6, 6.07) is 10.8. The molecule has 128 valence electrons. The lowest BCUT2D eigenvalue weighted by atomic mass is 10.1. The Morgan fingerprint density at radius 2 is 1.80 bits per heavy atom. The third kappa shape index (κ3) is 3.51. The Hall–Kier alpha value is -3.18. The minimum atomic E-state index is 0.207. The van der Waals surface area contributed by atoms with Crippen LogP contribution in [0.2, 0.25) is 0 Å². The fraction of sp³-hybridized carbons (Fsp3) is 0.176. The van der Waals surface area contributed by atoms with Gasteiger partial charge in [0.25, 0.3) is 0 Å². The molecule has 0 aliphatic carbocycles. The molecule has 0 amide bonds. The fourth-order valence-electron chi connectivity index (χ4n) is 2.33. The van der Waals surface area contributed by atoms with Crippen LogP contribution in [-0.4, -0.2) is 26.1 Å². The number of methoxy groups -OCH3 is 2. The zero-order valence-electron chi connectivity index (χ0n) is 13.6. The van der Waals surface area contributed by atoms with Crippen molar-refractivity contribution in [3.63, 3.8) is 0 Å². The molecule has 2 aromatic carbocycles. The van der Waals surface area contributed by atoms with E-state index in [-0.39, 0.29) is 6.79 Å². The van der Waals surface area contributed by atoms with Crippen molar-refractivity contribution in [2.24, 2.45) is 0 Å². The molecule has 3 rings (SSSR count). The van der Waals surface area contributed by atoms with E-state index in [1.807, 2.05) is 6.07 Å². The summed E-state index contributed by atoms with van der Waals surface area (Å²) in [4.78, 5) is 0. The molecule has 0 saturated heterocycles. The number of ether oxygens (including phenoxy) is 4. The first-order valence-corrected chi connectivity index (χ1v) is 7.69. The highest BCUT2D eigenvalue weighted by Crippen LogP contribution is 2.35. The zero-order valence-corrected chi connectivity index (χ0v) is 14.4. The monoisotopic (exact) mass is 357 g/mol. The van der Waals surface area contributed by atoms with E-state index in [2.05, 4.69) is 16.7 Å². The Balaban J connectivity index is 1.77. The van der Waals surface area contributed by atoms with Gasteiger partial charge in [-0.2, -0.15) is 5.26 Å². The molecule has 0 saturated carbocycles. The molecule has 0 aromatic heterocycles. The molecule has 1 aliphatic rings. The molecular weight excluding hydrogens is 342 g/mol. The lowest BCUT2D eigenvalue weighted by molar-refractivity contribution is 0.174. The van der Waals surface area contributed by atoms with Gasteiger partial charge in [0.15, 0.2) is 28.1 Å². The van der Waals surface area contributed by atoms with Gasteiger partial charge in [0.1, 0.15) is 6.07 Å². The zero-order chi connectivity index (χ0) is 17.8. The van der Waals surface area contributed by atoms with Crippen LogP contribution in [0.3, 0.4) is 0 Å². The van der Waals surface area contributed by atoms with E-state index in [1.165, 1.54) is 14.2 Å². The number of nitrogens with one attached hydrogen (secondary N) is 2. The molecule has 0 atom stereocenters. The Kier molecular flexibility index (Phi) is 4.77. The predicted octanol–water partition coefficient (Wildman–Crippen LogP) is 3.11. The van der Waals surface area contributed by atoms with Crippen molar-refractivity contribution in [3.8, 4) is 29.1 Å². The van der Waals surface area contributed by atoms with Crippen molar-refractivity contribution in [1.29, 1.82) is 5.26 Å². The van der Waals surface area contributed by atoms with Crippen LogP contribution in [0.4, 0.5) is 11.4 Å². The first-order chi connectivity index (χ1) is 12.1. The lowest BCUT2D eigenvalue weighted by Gasteiger charge is -2.15. The van der Waals surface area contributed by atoms with E-state index in [4.69, 9.17) is 31.2 Å². The van der Waals surface area contributed by atoms with Crippen LogP contribution in [0.25, 0.3) is 0 Å². The smallest absolute Gasteiger partial charge is 0.231 e. The number of benzene rings is 2. The van der Waals surface area contributed by atoms with Crippen LogP contribution in [-0.2, 0) is 0 Å². The van der Waals surface area contributed by atoms with Crippen molar-refractivity contribution in [1.82, 2.24) is 0 Å². The average Bonchev–Trinajstić information content (AvgIpc) is 3.08. The van der Waals surface area contributed by atoms with E-state index < -0.39 is 0 Å². The predicted molar refractivity (Wildman–Crippen MR) is 96.7 cm³/mol. The molecule has 0 unspecified atom stereocenters. The van der Waals surface area contributed by atoms with Gasteiger partial charge >= 0.3 is 0 Å². The maximum absolute atomic E-state index is 9.33. The second-order valence-corrected chi connectivity index (χ2v) is 5.42. The second-order valence-electron chi connectivity index (χ2n) is 5.01. The summed E-state index contributed by atoms with van der Waals surface area (Å²) in [7, 11) is 3.04. The molecule has 25 heavy (non-hydrogen) atoms. The standard InChI is InChI=1S/C17H15N3O4S/c1-21-14-5-10(8-18)12(7-15(14)22-2)20-17(25)19-11-3-4-13-16(6-11)24-9-23-13/h3-7H,9H2,1-2H3,(H2,19,20,25). The summed E-state index contributed by atoms with van der Waals surface area (Å²) < 4.78 is 21.1. The van der Waals surface area contributed by atoms with E-state index in [0.29, 0.717) is 39.4 Å². The summed E-state index contributed by atoms with van der Waals surface area (Å²) >= 11 is 5.32. The maximum Gasteiger partial charge on any atom is 0.231 e. The molecule has 8 heteroatoms. The number of fused-ring (bicyclic) bond motifs is 1. The first kappa shape index (κ1) is 16.7. The van der Waals surface area contributed by atoms with Crippen LogP contribution < -0.4 is 29.6 Å². The largest absolute Gasteiger partial charge is 0.493 e. The maximum atomic E-state index is 9.33. The summed E-state index contributed by atoms with van der Waals surface area (Å²) in [6.45, 7) is 0.207. The lowest BCUT2D eigenvalue weighted by Crippen LogP contribution is -2.19. The molecule has 0 bridgehead atoms. The van der Waals surface area contributed by atoms with E-state index in [1.54, 1.807) is 24.3 Å².